The summed E-state index contributed by atoms with van der Waals surface area (Å²) in [5.41, 5.74) is 1.54. The molecule has 0 saturated heterocycles. The third-order valence-corrected chi connectivity index (χ3v) is 6.96. The molecule has 0 unspecified atom stereocenters. The van der Waals surface area contributed by atoms with Crippen molar-refractivity contribution in [2.75, 3.05) is 13.1 Å². The molecule has 6 nitrogen and oxygen atoms in total. The lowest BCUT2D eigenvalue weighted by atomic mass is 9.96. The first-order chi connectivity index (χ1) is 19.1. The minimum atomic E-state index is -0.312. The Balaban J connectivity index is 0.000000281. The number of amides is 2. The van der Waals surface area contributed by atoms with Gasteiger partial charge in [-0.1, -0.05) is 85.0 Å². The van der Waals surface area contributed by atoms with Crippen molar-refractivity contribution in [2.45, 2.75) is 77.7 Å². The molecule has 0 saturated carbocycles. The van der Waals surface area contributed by atoms with Gasteiger partial charge in [-0.2, -0.15) is 0 Å². The van der Waals surface area contributed by atoms with Crippen LogP contribution in [0.2, 0.25) is 0 Å². The largest absolute Gasteiger partial charge is 0.445 e. The number of rotatable bonds is 10. The molecule has 0 aliphatic carbocycles. The van der Waals surface area contributed by atoms with Gasteiger partial charge in [0.05, 0.1) is 0 Å². The van der Waals surface area contributed by atoms with Crippen molar-refractivity contribution in [1.29, 1.82) is 0 Å². The molecule has 1 aliphatic rings. The summed E-state index contributed by atoms with van der Waals surface area (Å²) in [5, 5.41) is 0. The van der Waals surface area contributed by atoms with E-state index < -0.39 is 0 Å². The van der Waals surface area contributed by atoms with Crippen LogP contribution in [0.1, 0.15) is 64.5 Å². The quantitative estimate of drug-likeness (QED) is 0.281. The Bertz CT molecular complexity index is 1090. The maximum absolute atomic E-state index is 12.3. The van der Waals surface area contributed by atoms with E-state index >= 15 is 0 Å². The van der Waals surface area contributed by atoms with Gasteiger partial charge in [0, 0.05) is 24.2 Å². The van der Waals surface area contributed by atoms with E-state index in [4.69, 9.17) is 9.47 Å². The molecule has 1 heterocycles. The Hall–Kier alpha value is -3.80. The van der Waals surface area contributed by atoms with Crippen LogP contribution in [0.15, 0.2) is 98.1 Å². The Morgan fingerprint density at radius 2 is 1.50 bits per heavy atom. The van der Waals surface area contributed by atoms with Crippen LogP contribution in [0.5, 0.6) is 0 Å². The summed E-state index contributed by atoms with van der Waals surface area (Å²) in [7, 11) is 0. The van der Waals surface area contributed by atoms with E-state index in [1.165, 1.54) is 0 Å². The lowest BCUT2D eigenvalue weighted by molar-refractivity contribution is 0.0601. The summed E-state index contributed by atoms with van der Waals surface area (Å²) >= 11 is 0. The van der Waals surface area contributed by atoms with Gasteiger partial charge >= 0.3 is 12.2 Å². The second-order valence-electron chi connectivity index (χ2n) is 11.1. The van der Waals surface area contributed by atoms with Crippen molar-refractivity contribution in [1.82, 2.24) is 9.80 Å². The number of ether oxygens (including phenoxy) is 2. The van der Waals surface area contributed by atoms with Gasteiger partial charge in [0.25, 0.3) is 0 Å². The van der Waals surface area contributed by atoms with Crippen molar-refractivity contribution in [2.24, 2.45) is 0 Å². The fraction of sp³-hybridized carbons (Fsp3) is 0.412. The fourth-order valence-electron chi connectivity index (χ4n) is 4.32. The summed E-state index contributed by atoms with van der Waals surface area (Å²) in [6.45, 7) is 17.4. The van der Waals surface area contributed by atoms with Crippen LogP contribution in [0.4, 0.5) is 9.59 Å². The van der Waals surface area contributed by atoms with Gasteiger partial charge in [-0.3, -0.25) is 9.80 Å². The lowest BCUT2D eigenvalue weighted by Crippen LogP contribution is -2.48. The van der Waals surface area contributed by atoms with Crippen LogP contribution in [0.25, 0.3) is 0 Å². The minimum Gasteiger partial charge on any atom is -0.445 e. The fourth-order valence-corrected chi connectivity index (χ4v) is 4.32. The molecule has 0 N–H and O–H groups in total. The topological polar surface area (TPSA) is 59.1 Å². The van der Waals surface area contributed by atoms with E-state index in [0.717, 1.165) is 36.8 Å². The molecular weight excluding hydrogens is 500 g/mol. The Morgan fingerprint density at radius 3 is 2.05 bits per heavy atom. The van der Waals surface area contributed by atoms with Crippen LogP contribution >= 0.6 is 0 Å². The van der Waals surface area contributed by atoms with Crippen molar-refractivity contribution >= 4 is 12.2 Å². The third-order valence-electron chi connectivity index (χ3n) is 6.96. The molecule has 216 valence electrons. The smallest absolute Gasteiger partial charge is 0.410 e. The monoisotopic (exact) mass is 546 g/mol. The minimum absolute atomic E-state index is 0.155. The van der Waals surface area contributed by atoms with Gasteiger partial charge in [0.2, 0.25) is 0 Å². The average molecular weight is 547 g/mol. The van der Waals surface area contributed by atoms with Gasteiger partial charge in [-0.05, 0) is 64.5 Å². The number of hydrogen-bond acceptors (Lipinski definition) is 4. The van der Waals surface area contributed by atoms with E-state index in [0.29, 0.717) is 19.7 Å². The van der Waals surface area contributed by atoms with E-state index in [1.807, 2.05) is 86.7 Å². The van der Waals surface area contributed by atoms with Crippen molar-refractivity contribution in [3.05, 3.63) is 109 Å². The number of carbonyl (C=O) groups excluding carboxylic acids is 2. The van der Waals surface area contributed by atoms with E-state index in [2.05, 4.69) is 33.1 Å². The maximum Gasteiger partial charge on any atom is 0.410 e. The number of carbonyl (C=O) groups is 2. The molecule has 2 amide bonds. The highest BCUT2D eigenvalue weighted by atomic mass is 16.6. The Labute approximate surface area is 241 Å². The van der Waals surface area contributed by atoms with Crippen LogP contribution in [-0.2, 0) is 22.7 Å². The molecule has 0 radical (unpaired) electrons. The summed E-state index contributed by atoms with van der Waals surface area (Å²) < 4.78 is 10.8. The Kier molecular flexibility index (Phi) is 13.2. The summed E-state index contributed by atoms with van der Waals surface area (Å²) in [6.07, 6.45) is 10.9. The number of hydrogen-bond donors (Lipinski definition) is 0. The normalized spacial score (nSPS) is 14.2. The van der Waals surface area contributed by atoms with Crippen LogP contribution in [0.3, 0.4) is 0 Å². The standard InChI is InChI=1S/C18H25NO2.C16H21NO2/c1-5-7-13-18(3,4)19(14-6-2)17(20)21-15-16-11-9-8-10-12-16;1-16(2)11-7-4-8-12-17(16)15(18)19-13-14-9-5-3-6-10-14/h5-6,8-12H,1-2,7,13-15H2,3-4H3;3-6,8-10H,7,11-13H2,1-2H3. The van der Waals surface area contributed by atoms with Gasteiger partial charge in [-0.15, -0.1) is 13.2 Å². The molecule has 0 aromatic heterocycles. The highest BCUT2D eigenvalue weighted by Crippen LogP contribution is 2.25. The first-order valence-corrected chi connectivity index (χ1v) is 13.9. The van der Waals surface area contributed by atoms with Gasteiger partial charge in [-0.25, -0.2) is 9.59 Å². The first kappa shape index (κ1) is 32.4. The third kappa shape index (κ3) is 10.8. The molecule has 3 rings (SSSR count). The van der Waals surface area contributed by atoms with E-state index in [-0.39, 0.29) is 29.9 Å². The molecular formula is C34H46N2O4. The van der Waals surface area contributed by atoms with Gasteiger partial charge in [0.1, 0.15) is 13.2 Å². The highest BCUT2D eigenvalue weighted by Gasteiger charge is 2.32. The molecule has 1 aliphatic heterocycles. The van der Waals surface area contributed by atoms with E-state index in [1.54, 1.807) is 15.9 Å². The number of allylic oxidation sites excluding steroid dienone is 2. The predicted octanol–water partition coefficient (Wildman–Crippen LogP) is 8.31. The van der Waals surface area contributed by atoms with Crippen LogP contribution in [-0.4, -0.2) is 46.2 Å². The SMILES string of the molecule is C=CCCC(C)(C)N(CC=C)C(=O)OCc1ccccc1.CC1(C)CCC=CCN1C(=O)OCc1ccccc1. The molecule has 0 bridgehead atoms. The Morgan fingerprint density at radius 1 is 0.925 bits per heavy atom. The van der Waals surface area contributed by atoms with Crippen LogP contribution in [0, 0.1) is 0 Å². The summed E-state index contributed by atoms with van der Waals surface area (Å²) in [5.74, 6) is 0. The molecule has 0 atom stereocenters. The molecule has 2 aromatic carbocycles. The number of nitrogens with zero attached hydrogens (tertiary/aromatic N) is 2. The average Bonchev–Trinajstić information content (AvgIpc) is 3.13. The highest BCUT2D eigenvalue weighted by molar-refractivity contribution is 5.69. The summed E-state index contributed by atoms with van der Waals surface area (Å²) in [6, 6.07) is 19.4. The summed E-state index contributed by atoms with van der Waals surface area (Å²) in [4.78, 5) is 28.1. The predicted molar refractivity (Wildman–Crippen MR) is 163 cm³/mol. The van der Waals surface area contributed by atoms with Gasteiger partial charge < -0.3 is 9.47 Å². The second kappa shape index (κ2) is 16.3. The van der Waals surface area contributed by atoms with E-state index in [9.17, 15) is 9.59 Å². The molecule has 40 heavy (non-hydrogen) atoms. The lowest BCUT2D eigenvalue weighted by Gasteiger charge is -2.37. The molecule has 6 heteroatoms. The molecule has 2 aromatic rings. The molecule has 0 fully saturated rings. The van der Waals surface area contributed by atoms with Crippen molar-refractivity contribution in [3.8, 4) is 0 Å². The van der Waals surface area contributed by atoms with Crippen LogP contribution < -0.4 is 0 Å². The van der Waals surface area contributed by atoms with Gasteiger partial charge in [0.15, 0.2) is 0 Å². The zero-order valence-electron chi connectivity index (χ0n) is 24.7. The zero-order valence-corrected chi connectivity index (χ0v) is 24.7. The number of benzene rings is 2. The zero-order chi connectivity index (χ0) is 29.4. The second-order valence-corrected chi connectivity index (χ2v) is 11.1. The van der Waals surface area contributed by atoms with Crippen molar-refractivity contribution in [3.63, 3.8) is 0 Å². The first-order valence-electron chi connectivity index (χ1n) is 13.9. The molecule has 0 spiro atoms. The van der Waals surface area contributed by atoms with Crippen molar-refractivity contribution < 1.29 is 19.1 Å². The maximum atomic E-state index is 12.3.